The highest BCUT2D eigenvalue weighted by atomic mass is 32.2. The monoisotopic (exact) mass is 392 g/mol. The molecule has 144 valence electrons. The molecule has 0 aliphatic carbocycles. The number of carbonyl (C=O) groups excluding carboxylic acids is 1. The van der Waals surface area contributed by atoms with Crippen LogP contribution in [0.2, 0.25) is 0 Å². The minimum absolute atomic E-state index is 0.105. The Bertz CT molecular complexity index is 945. The fourth-order valence-corrected chi connectivity index (χ4v) is 4.32. The molecule has 1 saturated heterocycles. The van der Waals surface area contributed by atoms with Gasteiger partial charge in [-0.25, -0.2) is 17.5 Å². The molecule has 0 spiro atoms. The number of nitrogens with zero attached hydrogens (tertiary/aromatic N) is 1. The molecule has 1 N–H and O–H groups in total. The van der Waals surface area contributed by atoms with E-state index in [0.717, 1.165) is 5.56 Å². The van der Waals surface area contributed by atoms with E-state index in [9.17, 15) is 17.6 Å². The molecular weight excluding hydrogens is 371 g/mol. The van der Waals surface area contributed by atoms with Gasteiger partial charge in [-0.2, -0.15) is 0 Å². The number of anilines is 1. The van der Waals surface area contributed by atoms with Crippen LogP contribution in [0, 0.1) is 18.7 Å². The molecule has 1 atom stereocenters. The maximum atomic E-state index is 13.0. The van der Waals surface area contributed by atoms with E-state index >= 15 is 0 Å². The van der Waals surface area contributed by atoms with Gasteiger partial charge in [-0.15, -0.1) is 0 Å². The number of methoxy groups -OCH3 is 1. The van der Waals surface area contributed by atoms with Crippen LogP contribution >= 0.6 is 0 Å². The lowest BCUT2D eigenvalue weighted by Crippen LogP contribution is -2.31. The van der Waals surface area contributed by atoms with Crippen molar-refractivity contribution >= 4 is 21.6 Å². The van der Waals surface area contributed by atoms with E-state index in [0.29, 0.717) is 18.0 Å². The van der Waals surface area contributed by atoms with Gasteiger partial charge in [0.15, 0.2) is 0 Å². The number of carbonyl (C=O) groups is 1. The molecule has 6 nitrogen and oxygen atoms in total. The Labute approximate surface area is 158 Å². The third kappa shape index (κ3) is 4.28. The number of benzene rings is 2. The highest BCUT2D eigenvalue weighted by molar-refractivity contribution is 7.89. The Kier molecular flexibility index (Phi) is 5.48. The lowest BCUT2D eigenvalue weighted by molar-refractivity contribution is -0.117. The van der Waals surface area contributed by atoms with Crippen LogP contribution in [0.15, 0.2) is 47.4 Å². The minimum Gasteiger partial charge on any atom is -0.496 e. The van der Waals surface area contributed by atoms with E-state index in [1.807, 2.05) is 0 Å². The summed E-state index contributed by atoms with van der Waals surface area (Å²) in [4.78, 5) is 13.9. The SMILES string of the molecule is COc1ccc(S(=O)(=O)NC[C@H]2CC(=O)N(c3ccc(F)cc3)C2)cc1C. The molecule has 1 aliphatic rings. The van der Waals surface area contributed by atoms with Crippen molar-refractivity contribution in [3.8, 4) is 5.75 Å². The van der Waals surface area contributed by atoms with Gasteiger partial charge in [0.2, 0.25) is 15.9 Å². The number of halogens is 1. The van der Waals surface area contributed by atoms with E-state index in [4.69, 9.17) is 4.74 Å². The van der Waals surface area contributed by atoms with Crippen LogP contribution in [-0.2, 0) is 14.8 Å². The normalized spacial score (nSPS) is 17.4. The summed E-state index contributed by atoms with van der Waals surface area (Å²) in [6, 6.07) is 10.3. The van der Waals surface area contributed by atoms with Gasteiger partial charge >= 0.3 is 0 Å². The van der Waals surface area contributed by atoms with Crippen molar-refractivity contribution in [2.75, 3.05) is 25.1 Å². The summed E-state index contributed by atoms with van der Waals surface area (Å²) in [5.41, 5.74) is 1.33. The van der Waals surface area contributed by atoms with Gasteiger partial charge < -0.3 is 9.64 Å². The predicted molar refractivity (Wildman–Crippen MR) is 99.8 cm³/mol. The van der Waals surface area contributed by atoms with Gasteiger partial charge in [0.25, 0.3) is 0 Å². The first-order chi connectivity index (χ1) is 12.8. The second kappa shape index (κ2) is 7.66. The van der Waals surface area contributed by atoms with Crippen LogP contribution in [0.5, 0.6) is 5.75 Å². The van der Waals surface area contributed by atoms with Gasteiger partial charge in [0, 0.05) is 25.2 Å². The zero-order valence-electron chi connectivity index (χ0n) is 15.1. The van der Waals surface area contributed by atoms with E-state index < -0.39 is 10.0 Å². The molecule has 0 radical (unpaired) electrons. The van der Waals surface area contributed by atoms with E-state index in [1.54, 1.807) is 36.1 Å². The summed E-state index contributed by atoms with van der Waals surface area (Å²) in [5, 5.41) is 0. The zero-order valence-corrected chi connectivity index (χ0v) is 15.9. The van der Waals surface area contributed by atoms with Crippen LogP contribution in [-0.4, -0.2) is 34.5 Å². The highest BCUT2D eigenvalue weighted by Crippen LogP contribution is 2.26. The van der Waals surface area contributed by atoms with Crippen molar-refractivity contribution in [2.24, 2.45) is 5.92 Å². The summed E-state index contributed by atoms with van der Waals surface area (Å²) in [6.45, 7) is 2.31. The molecule has 3 rings (SSSR count). The number of hydrogen-bond acceptors (Lipinski definition) is 4. The van der Waals surface area contributed by atoms with Crippen LogP contribution in [0.3, 0.4) is 0 Å². The average molecular weight is 392 g/mol. The number of hydrogen-bond donors (Lipinski definition) is 1. The van der Waals surface area contributed by atoms with Crippen molar-refractivity contribution < 1.29 is 22.3 Å². The minimum atomic E-state index is -3.69. The second-order valence-electron chi connectivity index (χ2n) is 6.53. The Balaban J connectivity index is 1.65. The maximum Gasteiger partial charge on any atom is 0.240 e. The van der Waals surface area contributed by atoms with Crippen LogP contribution < -0.4 is 14.4 Å². The predicted octanol–water partition coefficient (Wildman–Crippen LogP) is 2.47. The lowest BCUT2D eigenvalue weighted by atomic mass is 10.1. The van der Waals surface area contributed by atoms with Crippen molar-refractivity contribution in [3.05, 3.63) is 53.8 Å². The Morgan fingerprint density at radius 2 is 1.93 bits per heavy atom. The van der Waals surface area contributed by atoms with Crippen molar-refractivity contribution in [2.45, 2.75) is 18.2 Å². The first kappa shape index (κ1) is 19.3. The Hall–Kier alpha value is -2.45. The van der Waals surface area contributed by atoms with Gasteiger partial charge in [0.1, 0.15) is 11.6 Å². The largest absolute Gasteiger partial charge is 0.496 e. The number of ether oxygens (including phenoxy) is 1. The number of aryl methyl sites for hydroxylation is 1. The van der Waals surface area contributed by atoms with Crippen molar-refractivity contribution in [1.29, 1.82) is 0 Å². The fraction of sp³-hybridized carbons (Fsp3) is 0.316. The smallest absolute Gasteiger partial charge is 0.240 e. The third-order valence-corrected chi connectivity index (χ3v) is 6.00. The van der Waals surface area contributed by atoms with Crippen LogP contribution in [0.1, 0.15) is 12.0 Å². The first-order valence-electron chi connectivity index (χ1n) is 8.50. The molecule has 1 fully saturated rings. The average Bonchev–Trinajstić information content (AvgIpc) is 3.01. The standard InChI is InChI=1S/C19H21FN2O4S/c1-13-9-17(7-8-18(13)26-2)27(24,25)21-11-14-10-19(23)22(12-14)16-5-3-15(20)4-6-16/h3-9,14,21H,10-12H2,1-2H3/t14-/m1/s1. The number of rotatable bonds is 6. The van der Waals surface area contributed by atoms with E-state index in [1.165, 1.54) is 25.3 Å². The van der Waals surface area contributed by atoms with Gasteiger partial charge in [-0.05, 0) is 60.9 Å². The number of amides is 1. The van der Waals surface area contributed by atoms with Gasteiger partial charge in [-0.1, -0.05) is 0 Å². The Morgan fingerprint density at radius 1 is 1.22 bits per heavy atom. The topological polar surface area (TPSA) is 75.7 Å². The summed E-state index contributed by atoms with van der Waals surface area (Å²) in [5.74, 6) is -0.0162. The molecule has 8 heteroatoms. The molecule has 1 aliphatic heterocycles. The number of sulfonamides is 1. The summed E-state index contributed by atoms with van der Waals surface area (Å²) in [6.07, 6.45) is 0.238. The van der Waals surface area contributed by atoms with Gasteiger partial charge in [0.05, 0.1) is 12.0 Å². The van der Waals surface area contributed by atoms with Crippen LogP contribution in [0.4, 0.5) is 10.1 Å². The highest BCUT2D eigenvalue weighted by Gasteiger charge is 2.31. The molecule has 0 saturated carbocycles. The molecule has 2 aromatic carbocycles. The summed E-state index contributed by atoms with van der Waals surface area (Å²) < 4.78 is 45.8. The molecule has 0 bridgehead atoms. The third-order valence-electron chi connectivity index (χ3n) is 4.58. The quantitative estimate of drug-likeness (QED) is 0.820. The van der Waals surface area contributed by atoms with E-state index in [-0.39, 0.29) is 35.5 Å². The number of nitrogens with one attached hydrogen (secondary N) is 1. The molecule has 1 heterocycles. The maximum absolute atomic E-state index is 13.0. The fourth-order valence-electron chi connectivity index (χ4n) is 3.12. The molecule has 2 aromatic rings. The summed E-state index contributed by atoms with van der Waals surface area (Å²) >= 11 is 0. The molecule has 1 amide bonds. The molecule has 0 unspecified atom stereocenters. The van der Waals surface area contributed by atoms with Crippen molar-refractivity contribution in [3.63, 3.8) is 0 Å². The molecule has 0 aromatic heterocycles. The first-order valence-corrected chi connectivity index (χ1v) is 9.98. The van der Waals surface area contributed by atoms with Crippen molar-refractivity contribution in [1.82, 2.24) is 4.72 Å². The lowest BCUT2D eigenvalue weighted by Gasteiger charge is -2.17. The van der Waals surface area contributed by atoms with Gasteiger partial charge in [-0.3, -0.25) is 4.79 Å². The second-order valence-corrected chi connectivity index (χ2v) is 8.30. The molecule has 27 heavy (non-hydrogen) atoms. The molecular formula is C19H21FN2O4S. The van der Waals surface area contributed by atoms with E-state index in [2.05, 4.69) is 4.72 Å². The summed E-state index contributed by atoms with van der Waals surface area (Å²) in [7, 11) is -2.16. The Morgan fingerprint density at radius 3 is 2.56 bits per heavy atom. The zero-order chi connectivity index (χ0) is 19.6. The van der Waals surface area contributed by atoms with Crippen LogP contribution in [0.25, 0.3) is 0 Å².